The molecule has 0 fully saturated rings. The molecule has 0 radical (unpaired) electrons. The van der Waals surface area contributed by atoms with Gasteiger partial charge in [0, 0.05) is 10.5 Å². The van der Waals surface area contributed by atoms with E-state index >= 15 is 0 Å². The van der Waals surface area contributed by atoms with Crippen LogP contribution < -0.4 is 0 Å². The van der Waals surface area contributed by atoms with Gasteiger partial charge in [-0.05, 0) is 19.1 Å². The molecule has 0 aliphatic carbocycles. The van der Waals surface area contributed by atoms with E-state index in [4.69, 9.17) is 0 Å². The van der Waals surface area contributed by atoms with Crippen molar-refractivity contribution in [1.82, 2.24) is 0 Å². The topological polar surface area (TPSA) is 17.1 Å². The van der Waals surface area contributed by atoms with Crippen LogP contribution in [0.15, 0.2) is 64.4 Å². The van der Waals surface area contributed by atoms with E-state index in [1.807, 2.05) is 0 Å². The summed E-state index contributed by atoms with van der Waals surface area (Å²) < 4.78 is 65.2. The van der Waals surface area contributed by atoms with Gasteiger partial charge in [0.2, 0.25) is 0 Å². The van der Waals surface area contributed by atoms with Crippen molar-refractivity contribution in [3.8, 4) is 0 Å². The van der Waals surface area contributed by atoms with Gasteiger partial charge in [0.1, 0.15) is 12.2 Å². The minimum absolute atomic E-state index is 0.0905. The van der Waals surface area contributed by atoms with Gasteiger partial charge in [0.25, 0.3) is 0 Å². The van der Waals surface area contributed by atoms with Crippen LogP contribution in [0.1, 0.15) is 17.3 Å². The lowest BCUT2D eigenvalue weighted by Crippen LogP contribution is -2.06. The first kappa shape index (κ1) is 17.2. The second-order valence-electron chi connectivity index (χ2n) is 3.84. The number of ketones is 1. The van der Waals surface area contributed by atoms with Crippen LogP contribution in [0.4, 0.5) is 22.0 Å². The fourth-order valence-electron chi connectivity index (χ4n) is 1.37. The zero-order valence-electron chi connectivity index (χ0n) is 10.6. The van der Waals surface area contributed by atoms with Crippen LogP contribution in [0.2, 0.25) is 0 Å². The molecular weight excluding hydrogens is 311 g/mol. The molecule has 0 saturated carbocycles. The smallest absolute Gasteiger partial charge is 0.199 e. The van der Waals surface area contributed by atoms with E-state index in [9.17, 15) is 26.7 Å². The maximum atomic E-state index is 13.6. The average Bonchev–Trinajstić information content (AvgIpc) is 2.46. The second kappa shape index (κ2) is 7.21. The molecule has 1 aromatic rings. The van der Waals surface area contributed by atoms with Gasteiger partial charge >= 0.3 is 0 Å². The number of benzene rings is 1. The van der Waals surface area contributed by atoms with Crippen molar-refractivity contribution in [2.45, 2.75) is 11.8 Å². The Morgan fingerprint density at radius 2 is 1.62 bits per heavy atom. The van der Waals surface area contributed by atoms with E-state index in [2.05, 4.69) is 12.6 Å². The number of thiol groups is 1. The molecule has 0 aliphatic rings. The molecular formula is C14H9F5OS. The number of carbonyl (C=O) groups excluding carboxylic acids is 1. The normalized spacial score (nSPS) is 14.5. The quantitative estimate of drug-likeness (QED) is 0.261. The number of allylic oxidation sites excluding steroid dienone is 5. The highest BCUT2D eigenvalue weighted by molar-refractivity contribution is 7.80. The third kappa shape index (κ3) is 3.81. The number of hydrogen-bond donors (Lipinski definition) is 1. The Labute approximate surface area is 122 Å². The lowest BCUT2D eigenvalue weighted by Gasteiger charge is -2.06. The molecule has 0 saturated heterocycles. The highest BCUT2D eigenvalue weighted by atomic mass is 32.1. The van der Waals surface area contributed by atoms with Crippen molar-refractivity contribution in [3.05, 3.63) is 65.0 Å². The standard InChI is InChI=1S/C14H9F5OS/c1-7(16)11(17)13(19)12(18)9(6-15)14(20)8-4-2-3-5-10(8)21/h2-6,21H,1H3/b9-6-,11-7-,13-12-. The molecule has 1 nitrogen and oxygen atoms in total. The minimum atomic E-state index is -2.29. The summed E-state index contributed by atoms with van der Waals surface area (Å²) in [5.74, 6) is -9.45. The van der Waals surface area contributed by atoms with Crippen LogP contribution in [0.25, 0.3) is 0 Å². The molecule has 21 heavy (non-hydrogen) atoms. The predicted octanol–water partition coefficient (Wildman–Crippen LogP) is 5.33. The van der Waals surface area contributed by atoms with Gasteiger partial charge in [-0.25, -0.2) is 22.0 Å². The number of rotatable bonds is 4. The third-order valence-electron chi connectivity index (χ3n) is 2.43. The first-order chi connectivity index (χ1) is 9.81. The van der Waals surface area contributed by atoms with Crippen molar-refractivity contribution in [2.24, 2.45) is 0 Å². The summed E-state index contributed by atoms with van der Waals surface area (Å²) >= 11 is 3.92. The molecule has 0 spiro atoms. The van der Waals surface area contributed by atoms with Crippen LogP contribution in [-0.2, 0) is 0 Å². The van der Waals surface area contributed by atoms with Crippen molar-refractivity contribution < 1.29 is 26.7 Å². The summed E-state index contributed by atoms with van der Waals surface area (Å²) in [7, 11) is 0. The highest BCUT2D eigenvalue weighted by Crippen LogP contribution is 2.30. The fourth-order valence-corrected chi connectivity index (χ4v) is 1.64. The molecule has 0 N–H and O–H groups in total. The van der Waals surface area contributed by atoms with E-state index in [1.54, 1.807) is 0 Å². The van der Waals surface area contributed by atoms with Crippen LogP contribution in [-0.4, -0.2) is 5.78 Å². The SMILES string of the molecule is C\C(F)=C(F)/C(F)=C(F)\C(=C\F)C(=O)c1ccccc1S. The average molecular weight is 320 g/mol. The van der Waals surface area contributed by atoms with Crippen molar-refractivity contribution in [2.75, 3.05) is 0 Å². The Bertz CT molecular complexity index is 657. The van der Waals surface area contributed by atoms with Gasteiger partial charge in [0.15, 0.2) is 23.3 Å². The number of halogens is 5. The summed E-state index contributed by atoms with van der Waals surface area (Å²) in [6.07, 6.45) is -0.516. The van der Waals surface area contributed by atoms with Gasteiger partial charge in [-0.2, -0.15) is 0 Å². The molecule has 1 aromatic carbocycles. The van der Waals surface area contributed by atoms with Gasteiger partial charge in [-0.1, -0.05) is 12.1 Å². The zero-order chi connectivity index (χ0) is 16.2. The maximum absolute atomic E-state index is 13.6. The molecule has 112 valence electrons. The maximum Gasteiger partial charge on any atom is 0.199 e. The highest BCUT2D eigenvalue weighted by Gasteiger charge is 2.25. The van der Waals surface area contributed by atoms with Crippen molar-refractivity contribution in [3.63, 3.8) is 0 Å². The van der Waals surface area contributed by atoms with Gasteiger partial charge in [0.05, 0.1) is 5.57 Å². The molecule has 0 heterocycles. The summed E-state index contributed by atoms with van der Waals surface area (Å²) in [5, 5.41) is 0. The van der Waals surface area contributed by atoms with Gasteiger partial charge < -0.3 is 0 Å². The third-order valence-corrected chi connectivity index (χ3v) is 2.82. The second-order valence-corrected chi connectivity index (χ2v) is 4.33. The first-order valence-electron chi connectivity index (χ1n) is 5.52. The van der Waals surface area contributed by atoms with E-state index < -0.39 is 41.0 Å². The van der Waals surface area contributed by atoms with E-state index in [0.29, 0.717) is 6.92 Å². The molecule has 0 aliphatic heterocycles. The Kier molecular flexibility index (Phi) is 5.90. The summed E-state index contributed by atoms with van der Waals surface area (Å²) in [5.41, 5.74) is -1.58. The lowest BCUT2D eigenvalue weighted by atomic mass is 10.0. The van der Waals surface area contributed by atoms with Crippen molar-refractivity contribution in [1.29, 1.82) is 0 Å². The molecule has 1 rings (SSSR count). The van der Waals surface area contributed by atoms with Crippen LogP contribution in [0, 0.1) is 0 Å². The molecule has 0 atom stereocenters. The van der Waals surface area contributed by atoms with Crippen LogP contribution in [0.5, 0.6) is 0 Å². The molecule has 0 bridgehead atoms. The van der Waals surface area contributed by atoms with Gasteiger partial charge in [-0.15, -0.1) is 12.6 Å². The molecule has 0 amide bonds. The lowest BCUT2D eigenvalue weighted by molar-refractivity contribution is 0.102. The minimum Gasteiger partial charge on any atom is -0.288 e. The fraction of sp³-hybridized carbons (Fsp3) is 0.0714. The number of Topliss-reactive ketones (excluding diaryl/α,β-unsaturated/α-hetero) is 1. The van der Waals surface area contributed by atoms with E-state index in [0.717, 1.165) is 0 Å². The molecule has 0 aromatic heterocycles. The summed E-state index contributed by atoms with van der Waals surface area (Å²) in [6, 6.07) is 5.48. The Morgan fingerprint density at radius 1 is 1.05 bits per heavy atom. The van der Waals surface area contributed by atoms with Crippen molar-refractivity contribution >= 4 is 18.4 Å². The summed E-state index contributed by atoms with van der Waals surface area (Å²) in [4.78, 5) is 12.0. The first-order valence-corrected chi connectivity index (χ1v) is 5.97. The zero-order valence-corrected chi connectivity index (χ0v) is 11.5. The largest absolute Gasteiger partial charge is 0.288 e. The van der Waals surface area contributed by atoms with E-state index in [-0.39, 0.29) is 10.5 Å². The Morgan fingerprint density at radius 3 is 2.10 bits per heavy atom. The van der Waals surface area contributed by atoms with Gasteiger partial charge in [-0.3, -0.25) is 4.79 Å². The monoisotopic (exact) mass is 320 g/mol. The molecule has 7 heteroatoms. The van der Waals surface area contributed by atoms with Crippen LogP contribution in [0.3, 0.4) is 0 Å². The number of hydrogen-bond acceptors (Lipinski definition) is 2. The van der Waals surface area contributed by atoms with Crippen LogP contribution >= 0.6 is 12.6 Å². The Hall–Kier alpha value is -1.89. The molecule has 0 unspecified atom stereocenters. The number of carbonyl (C=O) groups is 1. The van der Waals surface area contributed by atoms with E-state index in [1.165, 1.54) is 24.3 Å². The predicted molar refractivity (Wildman–Crippen MR) is 71.4 cm³/mol. The Balaban J connectivity index is 3.34. The summed E-state index contributed by atoms with van der Waals surface area (Å²) in [6.45, 7) is 0.547.